The van der Waals surface area contributed by atoms with Crippen molar-refractivity contribution >= 4 is 33.0 Å². The van der Waals surface area contributed by atoms with Crippen molar-refractivity contribution in [2.24, 2.45) is 5.92 Å². The van der Waals surface area contributed by atoms with E-state index in [0.717, 1.165) is 12.8 Å². The van der Waals surface area contributed by atoms with Crippen LogP contribution in [0.2, 0.25) is 0 Å². The van der Waals surface area contributed by atoms with Gasteiger partial charge < -0.3 is 15.0 Å². The topological polar surface area (TPSA) is 92.8 Å². The average Bonchev–Trinajstić information content (AvgIpc) is 2.95. The fourth-order valence-corrected chi connectivity index (χ4v) is 5.03. The summed E-state index contributed by atoms with van der Waals surface area (Å²) in [6, 6.07) is 5.11. The van der Waals surface area contributed by atoms with E-state index < -0.39 is 15.8 Å². The molecule has 0 aliphatic carbocycles. The molecule has 1 unspecified atom stereocenters. The zero-order chi connectivity index (χ0) is 18.0. The van der Waals surface area contributed by atoms with Gasteiger partial charge >= 0.3 is 0 Å². The Morgan fingerprint density at radius 2 is 2.12 bits per heavy atom. The number of piperidine rings is 1. The van der Waals surface area contributed by atoms with Crippen LogP contribution in [0.4, 0.5) is 11.4 Å². The second-order valence-corrected chi connectivity index (χ2v) is 8.71. The van der Waals surface area contributed by atoms with Gasteiger partial charge in [0.15, 0.2) is 9.84 Å². The largest absolute Gasteiger partial charge is 0.495 e. The van der Waals surface area contributed by atoms with Crippen LogP contribution in [0.15, 0.2) is 18.2 Å². The number of benzene rings is 1. The van der Waals surface area contributed by atoms with Crippen molar-refractivity contribution in [3.8, 4) is 5.75 Å². The molecule has 1 aromatic rings. The van der Waals surface area contributed by atoms with Crippen molar-refractivity contribution in [2.45, 2.75) is 25.7 Å². The van der Waals surface area contributed by atoms with Crippen LogP contribution in [0, 0.1) is 5.92 Å². The van der Waals surface area contributed by atoms with E-state index in [0.29, 0.717) is 36.5 Å². The molecule has 136 valence electrons. The lowest BCUT2D eigenvalue weighted by Gasteiger charge is -2.28. The van der Waals surface area contributed by atoms with Gasteiger partial charge in [0.05, 0.1) is 30.2 Å². The molecule has 25 heavy (non-hydrogen) atoms. The van der Waals surface area contributed by atoms with Crippen LogP contribution in [-0.4, -0.2) is 45.4 Å². The van der Waals surface area contributed by atoms with E-state index in [9.17, 15) is 18.0 Å². The van der Waals surface area contributed by atoms with Crippen molar-refractivity contribution < 1.29 is 22.7 Å². The Bertz CT molecular complexity index is 790. The molecule has 0 spiro atoms. The molecular formula is C17H22N2O5S. The molecule has 7 nitrogen and oxygen atoms in total. The van der Waals surface area contributed by atoms with E-state index >= 15 is 0 Å². The number of ether oxygens (including phenoxy) is 1. The van der Waals surface area contributed by atoms with Crippen molar-refractivity contribution in [1.29, 1.82) is 0 Å². The van der Waals surface area contributed by atoms with E-state index in [1.807, 2.05) is 0 Å². The first-order valence-corrected chi connectivity index (χ1v) is 10.2. The first-order chi connectivity index (χ1) is 11.9. The molecule has 8 heteroatoms. The molecule has 1 N–H and O–H groups in total. The first-order valence-electron chi connectivity index (χ1n) is 8.39. The highest BCUT2D eigenvalue weighted by Gasteiger charge is 2.33. The molecule has 3 rings (SSSR count). The van der Waals surface area contributed by atoms with Gasteiger partial charge in [0.1, 0.15) is 5.75 Å². The van der Waals surface area contributed by atoms with E-state index in [2.05, 4.69) is 5.32 Å². The molecule has 2 aliphatic rings. The van der Waals surface area contributed by atoms with E-state index in [4.69, 9.17) is 4.74 Å². The third-order valence-electron chi connectivity index (χ3n) is 4.66. The summed E-state index contributed by atoms with van der Waals surface area (Å²) in [7, 11) is -1.57. The number of hydrogen-bond donors (Lipinski definition) is 1. The Morgan fingerprint density at radius 3 is 2.76 bits per heavy atom. The Hall–Kier alpha value is -2.09. The maximum atomic E-state index is 12.3. The standard InChI is InChI=1S/C17H22N2O5S/c1-24-15-6-5-13(10-14(15)19-8-3-2-4-16(19)20)18-17(21)12-7-9-25(22,23)11-12/h5-6,10,12H,2-4,7-9,11H2,1H3,(H,18,21). The Balaban J connectivity index is 1.79. The van der Waals surface area contributed by atoms with Crippen LogP contribution in [0.3, 0.4) is 0 Å². The highest BCUT2D eigenvalue weighted by Crippen LogP contribution is 2.34. The number of methoxy groups -OCH3 is 1. The Kier molecular flexibility index (Phi) is 4.99. The van der Waals surface area contributed by atoms with Gasteiger partial charge in [-0.15, -0.1) is 0 Å². The lowest BCUT2D eigenvalue weighted by atomic mass is 10.1. The molecule has 1 aromatic carbocycles. The summed E-state index contributed by atoms with van der Waals surface area (Å²) < 4.78 is 28.4. The SMILES string of the molecule is COc1ccc(NC(=O)C2CCS(=O)(=O)C2)cc1N1CCCCC1=O. The minimum Gasteiger partial charge on any atom is -0.495 e. The number of carbonyl (C=O) groups excluding carboxylic acids is 2. The lowest BCUT2D eigenvalue weighted by Crippen LogP contribution is -2.35. The molecule has 2 aliphatic heterocycles. The second kappa shape index (κ2) is 7.03. The van der Waals surface area contributed by atoms with Crippen molar-refractivity contribution in [3.63, 3.8) is 0 Å². The van der Waals surface area contributed by atoms with Gasteiger partial charge in [-0.2, -0.15) is 0 Å². The summed E-state index contributed by atoms with van der Waals surface area (Å²) in [6.45, 7) is 0.619. The summed E-state index contributed by atoms with van der Waals surface area (Å²) in [5.74, 6) is -0.269. The monoisotopic (exact) mass is 366 g/mol. The van der Waals surface area contributed by atoms with Crippen LogP contribution in [0.25, 0.3) is 0 Å². The van der Waals surface area contributed by atoms with Gasteiger partial charge in [-0.25, -0.2) is 8.42 Å². The van der Waals surface area contributed by atoms with Crippen LogP contribution < -0.4 is 15.0 Å². The normalized spacial score (nSPS) is 22.7. The summed E-state index contributed by atoms with van der Waals surface area (Å²) >= 11 is 0. The number of carbonyl (C=O) groups is 2. The first kappa shape index (κ1) is 17.7. The maximum absolute atomic E-state index is 12.3. The Labute approximate surface area is 147 Å². The van der Waals surface area contributed by atoms with Crippen LogP contribution in [0.5, 0.6) is 5.75 Å². The minimum absolute atomic E-state index is 0.0370. The fraction of sp³-hybridized carbons (Fsp3) is 0.529. The number of rotatable bonds is 4. The molecule has 0 saturated carbocycles. The predicted octanol–water partition coefficient (Wildman–Crippen LogP) is 1.59. The maximum Gasteiger partial charge on any atom is 0.228 e. The highest BCUT2D eigenvalue weighted by molar-refractivity contribution is 7.91. The van der Waals surface area contributed by atoms with Gasteiger partial charge in [0.25, 0.3) is 0 Å². The van der Waals surface area contributed by atoms with Crippen molar-refractivity contribution in [2.75, 3.05) is 35.4 Å². The van der Waals surface area contributed by atoms with Gasteiger partial charge in [-0.3, -0.25) is 9.59 Å². The zero-order valence-electron chi connectivity index (χ0n) is 14.2. The Morgan fingerprint density at radius 1 is 1.32 bits per heavy atom. The molecule has 0 aromatic heterocycles. The predicted molar refractivity (Wildman–Crippen MR) is 94.6 cm³/mol. The number of amides is 2. The number of nitrogens with one attached hydrogen (secondary N) is 1. The van der Waals surface area contributed by atoms with Gasteiger partial charge in [-0.1, -0.05) is 0 Å². The summed E-state index contributed by atoms with van der Waals surface area (Å²) in [4.78, 5) is 26.2. The van der Waals surface area contributed by atoms with Crippen LogP contribution >= 0.6 is 0 Å². The average molecular weight is 366 g/mol. The summed E-state index contributed by atoms with van der Waals surface area (Å²) in [5, 5.41) is 2.77. The molecule has 2 saturated heterocycles. The van der Waals surface area contributed by atoms with Gasteiger partial charge in [-0.05, 0) is 37.5 Å². The minimum atomic E-state index is -3.11. The third-order valence-corrected chi connectivity index (χ3v) is 6.43. The fourth-order valence-electron chi connectivity index (χ4n) is 3.29. The molecule has 2 amide bonds. The smallest absolute Gasteiger partial charge is 0.228 e. The van der Waals surface area contributed by atoms with Gasteiger partial charge in [0, 0.05) is 18.7 Å². The van der Waals surface area contributed by atoms with E-state index in [-0.39, 0.29) is 23.3 Å². The lowest BCUT2D eigenvalue weighted by molar-refractivity contribution is -0.120. The molecule has 0 radical (unpaired) electrons. The molecule has 1 atom stereocenters. The zero-order valence-corrected chi connectivity index (χ0v) is 15.0. The number of sulfone groups is 1. The van der Waals surface area contributed by atoms with Crippen molar-refractivity contribution in [1.82, 2.24) is 0 Å². The second-order valence-electron chi connectivity index (χ2n) is 6.48. The van der Waals surface area contributed by atoms with Gasteiger partial charge in [0.2, 0.25) is 11.8 Å². The van der Waals surface area contributed by atoms with Crippen LogP contribution in [0.1, 0.15) is 25.7 Å². The quantitative estimate of drug-likeness (QED) is 0.873. The molecule has 2 fully saturated rings. The highest BCUT2D eigenvalue weighted by atomic mass is 32.2. The number of hydrogen-bond acceptors (Lipinski definition) is 5. The number of nitrogens with zero attached hydrogens (tertiary/aromatic N) is 1. The van der Waals surface area contributed by atoms with Crippen LogP contribution in [-0.2, 0) is 19.4 Å². The molecular weight excluding hydrogens is 344 g/mol. The van der Waals surface area contributed by atoms with Crippen molar-refractivity contribution in [3.05, 3.63) is 18.2 Å². The number of anilines is 2. The summed E-state index contributed by atoms with van der Waals surface area (Å²) in [5.41, 5.74) is 1.16. The molecule has 0 bridgehead atoms. The third kappa shape index (κ3) is 3.95. The summed E-state index contributed by atoms with van der Waals surface area (Å²) in [6.07, 6.45) is 2.65. The van der Waals surface area contributed by atoms with E-state index in [1.54, 1.807) is 23.1 Å². The molecule has 2 heterocycles. The van der Waals surface area contributed by atoms with E-state index in [1.165, 1.54) is 7.11 Å².